The largest absolute Gasteiger partial charge is 0.497 e. The first-order chi connectivity index (χ1) is 12.2. The molecule has 0 aliphatic carbocycles. The van der Waals surface area contributed by atoms with Crippen molar-refractivity contribution < 1.29 is 14.3 Å². The molecule has 0 saturated heterocycles. The van der Waals surface area contributed by atoms with Crippen molar-refractivity contribution in [3.05, 3.63) is 60.3 Å². The van der Waals surface area contributed by atoms with Gasteiger partial charge in [0.05, 0.1) is 19.4 Å². The Morgan fingerprint density at radius 3 is 2.40 bits per heavy atom. The van der Waals surface area contributed by atoms with Gasteiger partial charge in [-0.15, -0.1) is 0 Å². The van der Waals surface area contributed by atoms with Gasteiger partial charge in [0.15, 0.2) is 0 Å². The minimum atomic E-state index is -0.255. The first-order valence-corrected chi connectivity index (χ1v) is 7.93. The number of aromatic nitrogens is 2. The van der Waals surface area contributed by atoms with Crippen LogP contribution in [-0.4, -0.2) is 29.8 Å². The molecule has 1 amide bonds. The third-order valence-electron chi connectivity index (χ3n) is 3.63. The Bertz CT molecular complexity index is 839. The summed E-state index contributed by atoms with van der Waals surface area (Å²) >= 11 is 0. The van der Waals surface area contributed by atoms with Crippen molar-refractivity contribution >= 4 is 11.6 Å². The van der Waals surface area contributed by atoms with Crippen molar-refractivity contribution in [3.63, 3.8) is 0 Å². The van der Waals surface area contributed by atoms with Crippen molar-refractivity contribution in [3.8, 4) is 22.8 Å². The number of benzene rings is 2. The molecule has 6 heteroatoms. The SMILES string of the molecule is CCOc1ccc(-c2cc(C(=O)Nc3ccc(OC)cc3)[nH]n2)cc1. The number of aromatic amines is 1. The van der Waals surface area contributed by atoms with Crippen molar-refractivity contribution in [1.29, 1.82) is 0 Å². The van der Waals surface area contributed by atoms with Crippen molar-refractivity contribution in [1.82, 2.24) is 10.2 Å². The molecule has 25 heavy (non-hydrogen) atoms. The molecule has 128 valence electrons. The van der Waals surface area contributed by atoms with Gasteiger partial charge in [-0.1, -0.05) is 0 Å². The van der Waals surface area contributed by atoms with Crippen molar-refractivity contribution in [2.45, 2.75) is 6.92 Å². The zero-order chi connectivity index (χ0) is 17.6. The fourth-order valence-corrected chi connectivity index (χ4v) is 2.35. The molecule has 0 atom stereocenters. The zero-order valence-corrected chi connectivity index (χ0v) is 14.1. The topological polar surface area (TPSA) is 76.2 Å². The molecule has 3 aromatic rings. The Kier molecular flexibility index (Phi) is 4.99. The molecule has 0 unspecified atom stereocenters. The average molecular weight is 337 g/mol. The maximum atomic E-state index is 12.3. The first-order valence-electron chi connectivity index (χ1n) is 7.93. The predicted molar refractivity (Wildman–Crippen MR) is 96.1 cm³/mol. The van der Waals surface area contributed by atoms with E-state index in [4.69, 9.17) is 9.47 Å². The number of H-pyrrole nitrogens is 1. The summed E-state index contributed by atoms with van der Waals surface area (Å²) in [5.41, 5.74) is 2.67. The van der Waals surface area contributed by atoms with E-state index in [-0.39, 0.29) is 5.91 Å². The molecule has 6 nitrogen and oxygen atoms in total. The number of nitrogens with one attached hydrogen (secondary N) is 2. The van der Waals surface area contributed by atoms with Gasteiger partial charge < -0.3 is 14.8 Å². The van der Waals surface area contributed by atoms with Gasteiger partial charge in [0.2, 0.25) is 0 Å². The van der Waals surface area contributed by atoms with E-state index in [0.29, 0.717) is 23.7 Å². The number of hydrogen-bond acceptors (Lipinski definition) is 4. The number of amides is 1. The summed E-state index contributed by atoms with van der Waals surface area (Å²) in [5, 5.41) is 9.79. The Hall–Kier alpha value is -3.28. The molecule has 0 saturated carbocycles. The standard InChI is InChI=1S/C19H19N3O3/c1-3-25-16-8-4-13(5-9-16)17-12-18(22-21-17)19(23)20-14-6-10-15(24-2)11-7-14/h4-12H,3H2,1-2H3,(H,20,23)(H,21,22). The molecule has 2 aromatic carbocycles. The highest BCUT2D eigenvalue weighted by Gasteiger charge is 2.11. The number of carbonyl (C=O) groups excluding carboxylic acids is 1. The number of carbonyl (C=O) groups is 1. The predicted octanol–water partition coefficient (Wildman–Crippen LogP) is 3.74. The van der Waals surface area contributed by atoms with Crippen LogP contribution in [0, 0.1) is 0 Å². The molecular weight excluding hydrogens is 318 g/mol. The monoisotopic (exact) mass is 337 g/mol. The molecule has 0 radical (unpaired) electrons. The van der Waals surface area contributed by atoms with E-state index in [1.807, 2.05) is 31.2 Å². The normalized spacial score (nSPS) is 10.3. The highest BCUT2D eigenvalue weighted by molar-refractivity contribution is 6.03. The van der Waals surface area contributed by atoms with Gasteiger partial charge in [-0.2, -0.15) is 5.10 Å². The summed E-state index contributed by atoms with van der Waals surface area (Å²) in [6, 6.07) is 16.4. The van der Waals surface area contributed by atoms with Crippen LogP contribution >= 0.6 is 0 Å². The molecule has 0 bridgehead atoms. The minimum Gasteiger partial charge on any atom is -0.497 e. The number of methoxy groups -OCH3 is 1. The Balaban J connectivity index is 1.70. The van der Waals surface area contributed by atoms with E-state index in [2.05, 4.69) is 15.5 Å². The van der Waals surface area contributed by atoms with Gasteiger partial charge in [-0.05, 0) is 61.5 Å². The van der Waals surface area contributed by atoms with Crippen LogP contribution in [0.5, 0.6) is 11.5 Å². The molecule has 0 aliphatic heterocycles. The van der Waals surface area contributed by atoms with Crippen LogP contribution in [0.25, 0.3) is 11.3 Å². The molecule has 0 fully saturated rings. The van der Waals surface area contributed by atoms with Crippen molar-refractivity contribution in [2.75, 3.05) is 19.0 Å². The van der Waals surface area contributed by atoms with Crippen LogP contribution in [0.2, 0.25) is 0 Å². The number of rotatable bonds is 6. The summed E-state index contributed by atoms with van der Waals surface area (Å²) in [5.74, 6) is 1.28. The van der Waals surface area contributed by atoms with Crippen LogP contribution in [0.1, 0.15) is 17.4 Å². The number of ether oxygens (including phenoxy) is 2. The van der Waals surface area contributed by atoms with Gasteiger partial charge in [-0.25, -0.2) is 0 Å². The zero-order valence-electron chi connectivity index (χ0n) is 14.1. The summed E-state index contributed by atoms with van der Waals surface area (Å²) < 4.78 is 10.5. The third kappa shape index (κ3) is 3.98. The highest BCUT2D eigenvalue weighted by atomic mass is 16.5. The maximum absolute atomic E-state index is 12.3. The van der Waals surface area contributed by atoms with Crippen LogP contribution in [0.3, 0.4) is 0 Å². The smallest absolute Gasteiger partial charge is 0.273 e. The fraction of sp³-hybridized carbons (Fsp3) is 0.158. The second-order valence-corrected chi connectivity index (χ2v) is 5.31. The van der Waals surface area contributed by atoms with Gasteiger partial charge in [0.25, 0.3) is 5.91 Å². The molecular formula is C19H19N3O3. The minimum absolute atomic E-state index is 0.255. The van der Waals surface area contributed by atoms with E-state index in [1.165, 1.54) is 0 Å². The van der Waals surface area contributed by atoms with E-state index in [1.54, 1.807) is 37.4 Å². The average Bonchev–Trinajstić information content (AvgIpc) is 3.13. The molecule has 2 N–H and O–H groups in total. The van der Waals surface area contributed by atoms with E-state index in [9.17, 15) is 4.79 Å². The van der Waals surface area contributed by atoms with Gasteiger partial charge in [-0.3, -0.25) is 9.89 Å². The Morgan fingerprint density at radius 2 is 1.76 bits per heavy atom. The molecule has 1 heterocycles. The van der Waals surface area contributed by atoms with Crippen LogP contribution in [0.15, 0.2) is 54.6 Å². The lowest BCUT2D eigenvalue weighted by atomic mass is 10.1. The van der Waals surface area contributed by atoms with Crippen LogP contribution in [-0.2, 0) is 0 Å². The first kappa shape index (κ1) is 16.6. The summed E-state index contributed by atoms with van der Waals surface area (Å²) in [7, 11) is 1.60. The Morgan fingerprint density at radius 1 is 1.08 bits per heavy atom. The lowest BCUT2D eigenvalue weighted by molar-refractivity contribution is 0.102. The van der Waals surface area contributed by atoms with E-state index < -0.39 is 0 Å². The van der Waals surface area contributed by atoms with Crippen LogP contribution in [0.4, 0.5) is 5.69 Å². The highest BCUT2D eigenvalue weighted by Crippen LogP contribution is 2.22. The lowest BCUT2D eigenvalue weighted by Crippen LogP contribution is -2.12. The maximum Gasteiger partial charge on any atom is 0.273 e. The molecule has 0 spiro atoms. The quantitative estimate of drug-likeness (QED) is 0.718. The fourth-order valence-electron chi connectivity index (χ4n) is 2.35. The van der Waals surface area contributed by atoms with Crippen molar-refractivity contribution in [2.24, 2.45) is 0 Å². The third-order valence-corrected chi connectivity index (χ3v) is 3.63. The summed E-state index contributed by atoms with van der Waals surface area (Å²) in [6.45, 7) is 2.56. The second kappa shape index (κ2) is 7.53. The number of anilines is 1. The van der Waals surface area contributed by atoms with Gasteiger partial charge in [0, 0.05) is 11.3 Å². The number of hydrogen-bond donors (Lipinski definition) is 2. The van der Waals surface area contributed by atoms with Gasteiger partial charge >= 0.3 is 0 Å². The number of nitrogens with zero attached hydrogens (tertiary/aromatic N) is 1. The summed E-state index contributed by atoms with van der Waals surface area (Å²) in [6.07, 6.45) is 0. The van der Waals surface area contributed by atoms with E-state index >= 15 is 0 Å². The van der Waals surface area contributed by atoms with E-state index in [0.717, 1.165) is 17.1 Å². The van der Waals surface area contributed by atoms with Gasteiger partial charge in [0.1, 0.15) is 17.2 Å². The molecule has 0 aliphatic rings. The Labute approximate surface area is 145 Å². The lowest BCUT2D eigenvalue weighted by Gasteiger charge is -2.04. The molecule has 1 aromatic heterocycles. The second-order valence-electron chi connectivity index (χ2n) is 5.31. The van der Waals surface area contributed by atoms with Crippen LogP contribution < -0.4 is 14.8 Å². The summed E-state index contributed by atoms with van der Waals surface area (Å²) in [4.78, 5) is 12.3. The molecule has 3 rings (SSSR count).